The Bertz CT molecular complexity index is 689. The second-order valence-corrected chi connectivity index (χ2v) is 7.59. The van der Waals surface area contributed by atoms with Crippen LogP contribution < -0.4 is 21.7 Å². The number of rotatable bonds is 15. The molecule has 4 unspecified atom stereocenters. The molecule has 0 spiro atoms. The van der Waals surface area contributed by atoms with Crippen molar-refractivity contribution in [2.45, 2.75) is 56.8 Å². The normalized spacial score (nSPS) is 14.4. The van der Waals surface area contributed by atoms with Crippen LogP contribution in [0.2, 0.25) is 0 Å². The first-order valence-electron chi connectivity index (χ1n) is 9.21. The molecule has 3 amide bonds. The molecule has 0 fully saturated rings. The Morgan fingerprint density at radius 2 is 1.42 bits per heavy atom. The van der Waals surface area contributed by atoms with Crippen LogP contribution in [0.4, 0.5) is 0 Å². The molecule has 0 aromatic carbocycles. The van der Waals surface area contributed by atoms with Gasteiger partial charge in [0.25, 0.3) is 0 Å². The van der Waals surface area contributed by atoms with Crippen molar-refractivity contribution in [1.29, 1.82) is 0 Å². The van der Waals surface area contributed by atoms with E-state index in [1.807, 2.05) is 11.6 Å². The van der Waals surface area contributed by atoms with Gasteiger partial charge in [-0.05, 0) is 31.8 Å². The highest BCUT2D eigenvalue weighted by Gasteiger charge is 2.30. The van der Waals surface area contributed by atoms with E-state index in [4.69, 9.17) is 21.1 Å². The lowest BCUT2D eigenvalue weighted by molar-refractivity contribution is -0.144. The van der Waals surface area contributed by atoms with E-state index < -0.39 is 79.1 Å². The van der Waals surface area contributed by atoms with E-state index in [0.717, 1.165) is 0 Å². The predicted molar refractivity (Wildman–Crippen MR) is 109 cm³/mol. The van der Waals surface area contributed by atoms with E-state index in [2.05, 4.69) is 10.6 Å². The molecule has 0 aliphatic rings. The number of hydrogen-bond acceptors (Lipinski definition) is 8. The average Bonchev–Trinajstić information content (AvgIpc) is 2.67. The lowest BCUT2D eigenvalue weighted by atomic mass is 10.1. The van der Waals surface area contributed by atoms with E-state index >= 15 is 0 Å². The van der Waals surface area contributed by atoms with Crippen LogP contribution >= 0.6 is 11.8 Å². The molecule has 14 heteroatoms. The lowest BCUT2D eigenvalue weighted by Gasteiger charge is -2.22. The van der Waals surface area contributed by atoms with Gasteiger partial charge in [0.05, 0.1) is 12.5 Å². The first-order chi connectivity index (χ1) is 14.4. The highest BCUT2D eigenvalue weighted by atomic mass is 32.2. The Morgan fingerprint density at radius 3 is 1.90 bits per heavy atom. The number of carbonyl (C=O) groups is 6. The van der Waals surface area contributed by atoms with Crippen molar-refractivity contribution in [2.24, 2.45) is 5.73 Å². The van der Waals surface area contributed by atoms with E-state index in [9.17, 15) is 28.8 Å². The van der Waals surface area contributed by atoms with Gasteiger partial charge < -0.3 is 37.0 Å². The monoisotopic (exact) mass is 464 g/mol. The fourth-order valence-corrected chi connectivity index (χ4v) is 2.73. The Hall–Kier alpha value is -2.87. The van der Waals surface area contributed by atoms with Crippen molar-refractivity contribution in [3.8, 4) is 0 Å². The average molecular weight is 464 g/mol. The van der Waals surface area contributed by atoms with Gasteiger partial charge in [0, 0.05) is 6.42 Å². The molecule has 0 heterocycles. The molecule has 176 valence electrons. The first kappa shape index (κ1) is 28.1. The molecule has 0 aliphatic heterocycles. The minimum absolute atomic E-state index is 0.373. The van der Waals surface area contributed by atoms with Crippen LogP contribution in [-0.2, 0) is 28.8 Å². The molecular weight excluding hydrogens is 436 g/mol. The van der Waals surface area contributed by atoms with Gasteiger partial charge in [-0.15, -0.1) is 0 Å². The Morgan fingerprint density at radius 1 is 0.839 bits per heavy atom. The smallest absolute Gasteiger partial charge is 0.326 e. The molecular formula is C17H28N4O9S. The highest BCUT2D eigenvalue weighted by Crippen LogP contribution is 2.03. The number of hydrogen-bond donors (Lipinski definition) is 7. The molecule has 0 radical (unpaired) electrons. The first-order valence-corrected chi connectivity index (χ1v) is 10.6. The molecule has 13 nitrogen and oxygen atoms in total. The van der Waals surface area contributed by atoms with Crippen LogP contribution in [0, 0.1) is 0 Å². The highest BCUT2D eigenvalue weighted by molar-refractivity contribution is 7.98. The molecule has 0 bridgehead atoms. The minimum Gasteiger partial charge on any atom is -0.481 e. The summed E-state index contributed by atoms with van der Waals surface area (Å²) in [7, 11) is 0. The summed E-state index contributed by atoms with van der Waals surface area (Å²) in [5.74, 6) is -6.23. The summed E-state index contributed by atoms with van der Waals surface area (Å²) in [5, 5.41) is 33.3. The molecule has 0 saturated heterocycles. The van der Waals surface area contributed by atoms with Crippen LogP contribution in [-0.4, -0.2) is 87.1 Å². The maximum atomic E-state index is 12.3. The molecule has 8 N–H and O–H groups in total. The summed E-state index contributed by atoms with van der Waals surface area (Å²) in [5.41, 5.74) is 5.70. The van der Waals surface area contributed by atoms with Crippen molar-refractivity contribution in [3.05, 3.63) is 0 Å². The maximum Gasteiger partial charge on any atom is 0.326 e. The molecule has 0 aromatic rings. The summed E-state index contributed by atoms with van der Waals surface area (Å²) in [6.45, 7) is 1.30. The second-order valence-electron chi connectivity index (χ2n) is 6.61. The summed E-state index contributed by atoms with van der Waals surface area (Å²) in [6.07, 6.45) is 0.359. The third-order valence-corrected chi connectivity index (χ3v) is 4.64. The molecule has 0 saturated carbocycles. The Kier molecular flexibility index (Phi) is 12.9. The standard InChI is InChI=1S/C17H28N4O9S/c1-8(19-15(27)9(18)5-6-31-2)14(26)21-11(7-13(24)25)16(28)20-10(17(29)30)3-4-12(22)23/h8-11H,3-7,18H2,1-2H3,(H,19,27)(H,20,28)(H,21,26)(H,22,23)(H,24,25)(H,29,30). The van der Waals surface area contributed by atoms with E-state index in [-0.39, 0.29) is 0 Å². The van der Waals surface area contributed by atoms with E-state index in [1.165, 1.54) is 18.7 Å². The fourth-order valence-electron chi connectivity index (χ4n) is 2.24. The largest absolute Gasteiger partial charge is 0.481 e. The van der Waals surface area contributed by atoms with E-state index in [0.29, 0.717) is 12.2 Å². The zero-order valence-electron chi connectivity index (χ0n) is 17.1. The van der Waals surface area contributed by atoms with Crippen molar-refractivity contribution in [2.75, 3.05) is 12.0 Å². The Balaban J connectivity index is 5.09. The van der Waals surface area contributed by atoms with Gasteiger partial charge in [-0.25, -0.2) is 4.79 Å². The molecule has 0 aromatic heterocycles. The van der Waals surface area contributed by atoms with Gasteiger partial charge in [-0.3, -0.25) is 24.0 Å². The summed E-state index contributed by atoms with van der Waals surface area (Å²) < 4.78 is 0. The Labute approximate surface area is 182 Å². The molecule has 0 aliphatic carbocycles. The van der Waals surface area contributed by atoms with Crippen LogP contribution in [0.1, 0.15) is 32.6 Å². The summed E-state index contributed by atoms with van der Waals surface area (Å²) >= 11 is 1.49. The zero-order chi connectivity index (χ0) is 24.1. The third kappa shape index (κ3) is 11.8. The van der Waals surface area contributed by atoms with Gasteiger partial charge in [0.2, 0.25) is 17.7 Å². The van der Waals surface area contributed by atoms with Crippen LogP contribution in [0.15, 0.2) is 0 Å². The third-order valence-electron chi connectivity index (χ3n) is 3.99. The fraction of sp³-hybridized carbons (Fsp3) is 0.647. The number of nitrogens with one attached hydrogen (secondary N) is 3. The zero-order valence-corrected chi connectivity index (χ0v) is 17.9. The van der Waals surface area contributed by atoms with Gasteiger partial charge in [0.1, 0.15) is 18.1 Å². The number of carboxylic acid groups (broad SMARTS) is 3. The number of thioether (sulfide) groups is 1. The number of amides is 3. The number of carboxylic acids is 3. The van der Waals surface area contributed by atoms with Crippen molar-refractivity contribution >= 4 is 47.4 Å². The van der Waals surface area contributed by atoms with Crippen molar-refractivity contribution in [3.63, 3.8) is 0 Å². The maximum absolute atomic E-state index is 12.3. The summed E-state index contributed by atoms with van der Waals surface area (Å²) in [4.78, 5) is 69.5. The quantitative estimate of drug-likeness (QED) is 0.140. The molecule has 31 heavy (non-hydrogen) atoms. The van der Waals surface area contributed by atoms with Crippen molar-refractivity contribution < 1.29 is 44.1 Å². The topological polar surface area (TPSA) is 225 Å². The molecule has 4 atom stereocenters. The van der Waals surface area contributed by atoms with Crippen LogP contribution in [0.25, 0.3) is 0 Å². The van der Waals surface area contributed by atoms with Crippen molar-refractivity contribution in [1.82, 2.24) is 16.0 Å². The number of nitrogens with two attached hydrogens (primary N) is 1. The van der Waals surface area contributed by atoms with Gasteiger partial charge in [0.15, 0.2) is 0 Å². The predicted octanol–water partition coefficient (Wildman–Crippen LogP) is -2.03. The number of carbonyl (C=O) groups excluding carboxylic acids is 3. The minimum atomic E-state index is -1.65. The van der Waals surface area contributed by atoms with Gasteiger partial charge >= 0.3 is 17.9 Å². The molecule has 0 rings (SSSR count). The second kappa shape index (κ2) is 14.2. The SMILES string of the molecule is CSCCC(N)C(=O)NC(C)C(=O)NC(CC(=O)O)C(=O)NC(CCC(=O)O)C(=O)O. The summed E-state index contributed by atoms with van der Waals surface area (Å²) in [6, 6.07) is -5.25. The van der Waals surface area contributed by atoms with Crippen LogP contribution in [0.3, 0.4) is 0 Å². The van der Waals surface area contributed by atoms with Gasteiger partial charge in [-0.1, -0.05) is 0 Å². The van der Waals surface area contributed by atoms with Crippen LogP contribution in [0.5, 0.6) is 0 Å². The lowest BCUT2D eigenvalue weighted by Crippen LogP contribution is -2.56. The van der Waals surface area contributed by atoms with E-state index in [1.54, 1.807) is 0 Å². The van der Waals surface area contributed by atoms with Gasteiger partial charge in [-0.2, -0.15) is 11.8 Å². The number of aliphatic carboxylic acids is 3.